The van der Waals surface area contributed by atoms with Gasteiger partial charge in [0.1, 0.15) is 5.82 Å². The zero-order chi connectivity index (χ0) is 12.3. The molecule has 2 atom stereocenters. The molecule has 0 spiro atoms. The first-order valence-electron chi connectivity index (χ1n) is 5.97. The Morgan fingerprint density at radius 1 is 1.31 bits per heavy atom. The van der Waals surface area contributed by atoms with Gasteiger partial charge in [-0.25, -0.2) is 4.39 Å². The van der Waals surface area contributed by atoms with Gasteiger partial charge in [-0.15, -0.1) is 0 Å². The first kappa shape index (κ1) is 13.2. The zero-order valence-corrected chi connectivity index (χ0v) is 10.7. The summed E-state index contributed by atoms with van der Waals surface area (Å²) >= 11 is 0. The number of rotatable bonds is 4. The lowest BCUT2D eigenvalue weighted by Crippen LogP contribution is -2.17. The van der Waals surface area contributed by atoms with E-state index in [9.17, 15) is 4.39 Å². The summed E-state index contributed by atoms with van der Waals surface area (Å²) in [5, 5.41) is 0. The molecular weight excluding hydrogens is 201 g/mol. The maximum atomic E-state index is 13.8. The van der Waals surface area contributed by atoms with E-state index in [2.05, 4.69) is 13.8 Å². The van der Waals surface area contributed by atoms with Crippen LogP contribution in [0, 0.1) is 25.6 Å². The molecule has 0 heterocycles. The Morgan fingerprint density at radius 2 is 1.94 bits per heavy atom. The van der Waals surface area contributed by atoms with Gasteiger partial charge in [0, 0.05) is 11.6 Å². The fraction of sp³-hybridized carbons (Fsp3) is 0.571. The van der Waals surface area contributed by atoms with Crippen LogP contribution in [0.4, 0.5) is 4.39 Å². The Hall–Kier alpha value is -0.890. The summed E-state index contributed by atoms with van der Waals surface area (Å²) in [5.41, 5.74) is 8.69. The second kappa shape index (κ2) is 5.44. The van der Waals surface area contributed by atoms with Gasteiger partial charge in [0.25, 0.3) is 0 Å². The van der Waals surface area contributed by atoms with Gasteiger partial charge in [-0.05, 0) is 43.4 Å². The maximum Gasteiger partial charge on any atom is 0.128 e. The Kier molecular flexibility index (Phi) is 4.48. The SMILES string of the molecule is CCC(C)CC(N)c1c(C)cc(C)cc1F. The normalized spacial score (nSPS) is 14.9. The third kappa shape index (κ3) is 3.05. The van der Waals surface area contributed by atoms with Crippen molar-refractivity contribution >= 4 is 0 Å². The summed E-state index contributed by atoms with van der Waals surface area (Å²) < 4.78 is 13.8. The Morgan fingerprint density at radius 3 is 2.44 bits per heavy atom. The molecule has 16 heavy (non-hydrogen) atoms. The number of nitrogens with two attached hydrogens (primary N) is 1. The summed E-state index contributed by atoms with van der Waals surface area (Å²) in [6, 6.07) is 3.38. The zero-order valence-electron chi connectivity index (χ0n) is 10.7. The topological polar surface area (TPSA) is 26.0 Å². The van der Waals surface area contributed by atoms with Crippen molar-refractivity contribution in [2.75, 3.05) is 0 Å². The minimum atomic E-state index is -0.185. The van der Waals surface area contributed by atoms with Gasteiger partial charge in [-0.2, -0.15) is 0 Å². The molecule has 1 nitrogen and oxygen atoms in total. The highest BCUT2D eigenvalue weighted by Gasteiger charge is 2.16. The highest BCUT2D eigenvalue weighted by molar-refractivity contribution is 5.34. The van der Waals surface area contributed by atoms with E-state index in [1.807, 2.05) is 19.9 Å². The van der Waals surface area contributed by atoms with E-state index in [4.69, 9.17) is 5.73 Å². The van der Waals surface area contributed by atoms with Gasteiger partial charge in [-0.1, -0.05) is 26.3 Å². The van der Waals surface area contributed by atoms with Crippen LogP contribution in [-0.2, 0) is 0 Å². The number of benzene rings is 1. The van der Waals surface area contributed by atoms with Crippen molar-refractivity contribution in [1.29, 1.82) is 0 Å². The standard InChI is InChI=1S/C14H22FN/c1-5-9(2)8-13(16)14-11(4)6-10(3)7-12(14)15/h6-7,9,13H,5,8,16H2,1-4H3. The first-order chi connectivity index (χ1) is 7.45. The summed E-state index contributed by atoms with van der Waals surface area (Å²) in [4.78, 5) is 0. The van der Waals surface area contributed by atoms with Crippen LogP contribution in [0.25, 0.3) is 0 Å². The molecule has 1 aromatic rings. The van der Waals surface area contributed by atoms with Crippen molar-refractivity contribution in [1.82, 2.24) is 0 Å². The van der Waals surface area contributed by atoms with Crippen molar-refractivity contribution in [3.05, 3.63) is 34.6 Å². The van der Waals surface area contributed by atoms with Crippen LogP contribution in [-0.4, -0.2) is 0 Å². The van der Waals surface area contributed by atoms with E-state index < -0.39 is 0 Å². The van der Waals surface area contributed by atoms with Gasteiger partial charge in [0.15, 0.2) is 0 Å². The average molecular weight is 223 g/mol. The molecule has 0 bridgehead atoms. The number of hydrogen-bond acceptors (Lipinski definition) is 1. The quantitative estimate of drug-likeness (QED) is 0.823. The van der Waals surface area contributed by atoms with Crippen LogP contribution in [0.5, 0.6) is 0 Å². The first-order valence-corrected chi connectivity index (χ1v) is 5.97. The molecule has 0 saturated carbocycles. The third-order valence-electron chi connectivity index (χ3n) is 3.20. The second-order valence-corrected chi connectivity index (χ2v) is 4.83. The lowest BCUT2D eigenvalue weighted by molar-refractivity contribution is 0.448. The molecular formula is C14H22FN. The average Bonchev–Trinajstić information content (AvgIpc) is 2.15. The van der Waals surface area contributed by atoms with Crippen LogP contribution in [0.1, 0.15) is 49.4 Å². The Bertz CT molecular complexity index is 337. The molecule has 0 fully saturated rings. The fourth-order valence-electron chi connectivity index (χ4n) is 2.11. The lowest BCUT2D eigenvalue weighted by Gasteiger charge is -2.19. The summed E-state index contributed by atoms with van der Waals surface area (Å²) in [5.74, 6) is 0.378. The maximum absolute atomic E-state index is 13.8. The molecule has 0 saturated heterocycles. The van der Waals surface area contributed by atoms with Gasteiger partial charge < -0.3 is 5.73 Å². The van der Waals surface area contributed by atoms with Gasteiger partial charge >= 0.3 is 0 Å². The predicted molar refractivity (Wildman–Crippen MR) is 66.9 cm³/mol. The van der Waals surface area contributed by atoms with E-state index in [1.165, 1.54) is 0 Å². The summed E-state index contributed by atoms with van der Waals surface area (Å²) in [7, 11) is 0. The molecule has 2 heteroatoms. The molecule has 1 rings (SSSR count). The smallest absolute Gasteiger partial charge is 0.128 e. The van der Waals surface area contributed by atoms with Crippen LogP contribution < -0.4 is 5.73 Å². The molecule has 0 aromatic heterocycles. The number of aryl methyl sites for hydroxylation is 2. The molecule has 0 amide bonds. The van der Waals surface area contributed by atoms with Crippen LogP contribution in [0.3, 0.4) is 0 Å². The fourth-order valence-corrected chi connectivity index (χ4v) is 2.11. The van der Waals surface area contributed by atoms with Gasteiger partial charge in [-0.3, -0.25) is 0 Å². The highest BCUT2D eigenvalue weighted by atomic mass is 19.1. The largest absolute Gasteiger partial charge is 0.324 e. The van der Waals surface area contributed by atoms with E-state index in [0.717, 1.165) is 24.0 Å². The van der Waals surface area contributed by atoms with Crippen molar-refractivity contribution in [3.63, 3.8) is 0 Å². The molecule has 0 aliphatic heterocycles. The molecule has 90 valence electrons. The number of hydrogen-bond donors (Lipinski definition) is 1. The predicted octanol–water partition coefficient (Wildman–Crippen LogP) is 3.88. The van der Waals surface area contributed by atoms with E-state index >= 15 is 0 Å². The van der Waals surface area contributed by atoms with Crippen LogP contribution >= 0.6 is 0 Å². The summed E-state index contributed by atoms with van der Waals surface area (Å²) in [6.45, 7) is 8.12. The van der Waals surface area contributed by atoms with Crippen molar-refractivity contribution < 1.29 is 4.39 Å². The van der Waals surface area contributed by atoms with Gasteiger partial charge in [0.05, 0.1) is 0 Å². The lowest BCUT2D eigenvalue weighted by atomic mass is 9.91. The molecule has 0 aliphatic rings. The van der Waals surface area contributed by atoms with Crippen molar-refractivity contribution in [2.45, 2.75) is 46.6 Å². The molecule has 0 aliphatic carbocycles. The van der Waals surface area contributed by atoms with E-state index in [0.29, 0.717) is 11.5 Å². The van der Waals surface area contributed by atoms with E-state index in [-0.39, 0.29) is 11.9 Å². The van der Waals surface area contributed by atoms with Crippen LogP contribution in [0.15, 0.2) is 12.1 Å². The molecule has 1 aromatic carbocycles. The van der Waals surface area contributed by atoms with E-state index in [1.54, 1.807) is 6.07 Å². The Balaban J connectivity index is 2.95. The Labute approximate surface area is 97.9 Å². The summed E-state index contributed by atoms with van der Waals surface area (Å²) in [6.07, 6.45) is 1.93. The highest BCUT2D eigenvalue weighted by Crippen LogP contribution is 2.26. The molecule has 0 radical (unpaired) electrons. The molecule has 2 N–H and O–H groups in total. The minimum absolute atomic E-state index is 0.159. The van der Waals surface area contributed by atoms with Crippen molar-refractivity contribution in [2.24, 2.45) is 11.7 Å². The second-order valence-electron chi connectivity index (χ2n) is 4.83. The minimum Gasteiger partial charge on any atom is -0.324 e. The van der Waals surface area contributed by atoms with Crippen molar-refractivity contribution in [3.8, 4) is 0 Å². The van der Waals surface area contributed by atoms with Crippen LogP contribution in [0.2, 0.25) is 0 Å². The monoisotopic (exact) mass is 223 g/mol. The van der Waals surface area contributed by atoms with Gasteiger partial charge in [0.2, 0.25) is 0 Å². The number of halogens is 1. The molecule has 2 unspecified atom stereocenters. The third-order valence-corrected chi connectivity index (χ3v) is 3.20.